The standard InChI is InChI=1S/C20H25N3O3/c24-18-16-10-9-14(21-20(26)22-11-5-2-6-12-22)13-17(16)19(25)23(18)15-7-3-1-4-8-15/h9-10,13,15H,1-8,11-12H2,(H,21,26). The van der Waals surface area contributed by atoms with Gasteiger partial charge in [-0.15, -0.1) is 0 Å². The number of fused-ring (bicyclic) bond motifs is 1. The quantitative estimate of drug-likeness (QED) is 0.824. The van der Waals surface area contributed by atoms with Gasteiger partial charge in [0, 0.05) is 24.8 Å². The zero-order valence-electron chi connectivity index (χ0n) is 15.0. The molecule has 0 radical (unpaired) electrons. The summed E-state index contributed by atoms with van der Waals surface area (Å²) in [5, 5.41) is 2.88. The van der Waals surface area contributed by atoms with Crippen molar-refractivity contribution >= 4 is 23.5 Å². The van der Waals surface area contributed by atoms with Gasteiger partial charge in [-0.2, -0.15) is 0 Å². The third kappa shape index (κ3) is 3.08. The molecule has 1 aromatic carbocycles. The van der Waals surface area contributed by atoms with Gasteiger partial charge >= 0.3 is 6.03 Å². The van der Waals surface area contributed by atoms with Crippen molar-refractivity contribution in [2.24, 2.45) is 0 Å². The zero-order chi connectivity index (χ0) is 18.1. The molecule has 1 saturated heterocycles. The summed E-state index contributed by atoms with van der Waals surface area (Å²) in [5.41, 5.74) is 1.44. The van der Waals surface area contributed by atoms with Crippen molar-refractivity contribution in [1.29, 1.82) is 0 Å². The van der Waals surface area contributed by atoms with Crippen LogP contribution in [0.5, 0.6) is 0 Å². The molecule has 2 fully saturated rings. The highest BCUT2D eigenvalue weighted by molar-refractivity contribution is 6.22. The van der Waals surface area contributed by atoms with Crippen LogP contribution in [0.15, 0.2) is 18.2 Å². The Hall–Kier alpha value is -2.37. The van der Waals surface area contributed by atoms with Gasteiger partial charge in [0.05, 0.1) is 11.1 Å². The number of amides is 4. The molecule has 138 valence electrons. The molecule has 0 atom stereocenters. The minimum atomic E-state index is -0.217. The molecular formula is C20H25N3O3. The van der Waals surface area contributed by atoms with Crippen molar-refractivity contribution in [3.8, 4) is 0 Å². The molecule has 0 aromatic heterocycles. The second-order valence-electron chi connectivity index (χ2n) is 7.51. The third-order valence-corrected chi connectivity index (χ3v) is 5.75. The Labute approximate surface area is 153 Å². The van der Waals surface area contributed by atoms with Crippen molar-refractivity contribution < 1.29 is 14.4 Å². The average molecular weight is 355 g/mol. The van der Waals surface area contributed by atoms with Crippen LogP contribution in [0.1, 0.15) is 72.1 Å². The molecule has 26 heavy (non-hydrogen) atoms. The van der Waals surface area contributed by atoms with Crippen LogP contribution in [0.4, 0.5) is 10.5 Å². The van der Waals surface area contributed by atoms with E-state index in [1.807, 2.05) is 0 Å². The van der Waals surface area contributed by atoms with E-state index in [1.54, 1.807) is 23.1 Å². The number of hydrogen-bond donors (Lipinski definition) is 1. The normalized spacial score (nSPS) is 21.1. The number of rotatable bonds is 2. The van der Waals surface area contributed by atoms with E-state index in [4.69, 9.17) is 0 Å². The predicted octanol–water partition coefficient (Wildman–Crippen LogP) is 3.63. The summed E-state index contributed by atoms with van der Waals surface area (Å²) < 4.78 is 0. The van der Waals surface area contributed by atoms with Gasteiger partial charge in [-0.25, -0.2) is 4.79 Å². The highest BCUT2D eigenvalue weighted by atomic mass is 16.2. The predicted molar refractivity (Wildman–Crippen MR) is 98.3 cm³/mol. The maximum Gasteiger partial charge on any atom is 0.321 e. The first-order valence-corrected chi connectivity index (χ1v) is 9.73. The topological polar surface area (TPSA) is 69.7 Å². The van der Waals surface area contributed by atoms with Crippen LogP contribution in [0.2, 0.25) is 0 Å². The maximum atomic E-state index is 12.8. The summed E-state index contributed by atoms with van der Waals surface area (Å²) in [7, 11) is 0. The van der Waals surface area contributed by atoms with Gasteiger partial charge < -0.3 is 10.2 Å². The molecule has 0 spiro atoms. The molecule has 3 aliphatic rings. The lowest BCUT2D eigenvalue weighted by Crippen LogP contribution is -2.40. The van der Waals surface area contributed by atoms with Gasteiger partial charge in [0.25, 0.3) is 11.8 Å². The molecule has 2 heterocycles. The van der Waals surface area contributed by atoms with Crippen molar-refractivity contribution in [2.75, 3.05) is 18.4 Å². The van der Waals surface area contributed by atoms with E-state index in [0.29, 0.717) is 16.8 Å². The summed E-state index contributed by atoms with van der Waals surface area (Å²) in [6, 6.07) is 4.92. The summed E-state index contributed by atoms with van der Waals surface area (Å²) in [4.78, 5) is 41.2. The fourth-order valence-corrected chi connectivity index (χ4v) is 4.31. The van der Waals surface area contributed by atoms with Gasteiger partial charge in [0.15, 0.2) is 0 Å². The van der Waals surface area contributed by atoms with Crippen molar-refractivity contribution in [3.05, 3.63) is 29.3 Å². The zero-order valence-corrected chi connectivity index (χ0v) is 15.0. The Kier molecular flexibility index (Phi) is 4.66. The summed E-state index contributed by atoms with van der Waals surface area (Å²) in [6.07, 6.45) is 8.31. The molecule has 4 rings (SSSR count). The summed E-state index contributed by atoms with van der Waals surface area (Å²) >= 11 is 0. The number of piperidine rings is 1. The fraction of sp³-hybridized carbons (Fsp3) is 0.550. The van der Waals surface area contributed by atoms with Gasteiger partial charge in [-0.1, -0.05) is 19.3 Å². The van der Waals surface area contributed by atoms with E-state index < -0.39 is 0 Å². The largest absolute Gasteiger partial charge is 0.325 e. The molecule has 4 amide bonds. The number of urea groups is 1. The SMILES string of the molecule is O=C(Nc1ccc2c(c1)C(=O)N(C1CCCCC1)C2=O)N1CCCCC1. The molecule has 6 heteroatoms. The van der Waals surface area contributed by atoms with E-state index in [9.17, 15) is 14.4 Å². The van der Waals surface area contributed by atoms with Crippen LogP contribution in [-0.4, -0.2) is 46.8 Å². The number of benzene rings is 1. The van der Waals surface area contributed by atoms with E-state index in [0.717, 1.165) is 58.0 Å². The highest BCUT2D eigenvalue weighted by Gasteiger charge is 2.40. The van der Waals surface area contributed by atoms with Crippen LogP contribution in [-0.2, 0) is 0 Å². The van der Waals surface area contributed by atoms with Crippen molar-refractivity contribution in [3.63, 3.8) is 0 Å². The lowest BCUT2D eigenvalue weighted by molar-refractivity contribution is 0.0549. The summed E-state index contributed by atoms with van der Waals surface area (Å²) in [5.74, 6) is -0.406. The number of imide groups is 1. The van der Waals surface area contributed by atoms with Crippen LogP contribution in [0.3, 0.4) is 0 Å². The molecule has 1 N–H and O–H groups in total. The number of carbonyl (C=O) groups is 3. The second kappa shape index (κ2) is 7.09. The molecule has 2 aliphatic heterocycles. The first-order valence-electron chi connectivity index (χ1n) is 9.73. The Morgan fingerprint density at radius 3 is 2.27 bits per heavy atom. The Morgan fingerprint density at radius 2 is 1.54 bits per heavy atom. The van der Waals surface area contributed by atoms with Gasteiger partial charge in [0.1, 0.15) is 0 Å². The fourth-order valence-electron chi connectivity index (χ4n) is 4.31. The van der Waals surface area contributed by atoms with E-state index >= 15 is 0 Å². The minimum Gasteiger partial charge on any atom is -0.325 e. The van der Waals surface area contributed by atoms with Crippen LogP contribution < -0.4 is 5.32 Å². The summed E-state index contributed by atoms with van der Waals surface area (Å²) in [6.45, 7) is 1.54. The van der Waals surface area contributed by atoms with Crippen molar-refractivity contribution in [2.45, 2.75) is 57.4 Å². The number of nitrogens with zero attached hydrogens (tertiary/aromatic N) is 2. The highest BCUT2D eigenvalue weighted by Crippen LogP contribution is 2.32. The smallest absolute Gasteiger partial charge is 0.321 e. The average Bonchev–Trinajstić information content (AvgIpc) is 2.93. The van der Waals surface area contributed by atoms with Gasteiger partial charge in [0.2, 0.25) is 0 Å². The molecule has 1 aliphatic carbocycles. The van der Waals surface area contributed by atoms with Gasteiger partial charge in [-0.05, 0) is 50.3 Å². The third-order valence-electron chi connectivity index (χ3n) is 5.75. The molecule has 6 nitrogen and oxygen atoms in total. The van der Waals surface area contributed by atoms with E-state index in [-0.39, 0.29) is 23.9 Å². The van der Waals surface area contributed by atoms with E-state index in [1.165, 1.54) is 11.3 Å². The number of likely N-dealkylation sites (tertiary alicyclic amines) is 1. The minimum absolute atomic E-state index is 0.0162. The molecule has 0 bridgehead atoms. The Balaban J connectivity index is 1.51. The molecule has 0 unspecified atom stereocenters. The van der Waals surface area contributed by atoms with Crippen LogP contribution >= 0.6 is 0 Å². The second-order valence-corrected chi connectivity index (χ2v) is 7.51. The van der Waals surface area contributed by atoms with E-state index in [2.05, 4.69) is 5.32 Å². The monoisotopic (exact) mass is 355 g/mol. The van der Waals surface area contributed by atoms with Gasteiger partial charge in [-0.3, -0.25) is 14.5 Å². The Bertz CT molecular complexity index is 734. The first kappa shape index (κ1) is 17.1. The molecular weight excluding hydrogens is 330 g/mol. The van der Waals surface area contributed by atoms with Crippen molar-refractivity contribution in [1.82, 2.24) is 9.80 Å². The number of hydrogen-bond acceptors (Lipinski definition) is 3. The Morgan fingerprint density at radius 1 is 0.885 bits per heavy atom. The first-order chi connectivity index (χ1) is 12.6. The number of anilines is 1. The van der Waals surface area contributed by atoms with Crippen LogP contribution in [0.25, 0.3) is 0 Å². The van der Waals surface area contributed by atoms with Crippen LogP contribution in [0, 0.1) is 0 Å². The number of carbonyl (C=O) groups excluding carboxylic acids is 3. The number of nitrogens with one attached hydrogen (secondary N) is 1. The molecule has 1 aromatic rings. The molecule has 1 saturated carbocycles. The maximum absolute atomic E-state index is 12.8. The lowest BCUT2D eigenvalue weighted by Gasteiger charge is -2.29. The lowest BCUT2D eigenvalue weighted by atomic mass is 9.94.